The van der Waals surface area contributed by atoms with E-state index in [1.807, 2.05) is 13.1 Å². The number of thiazole rings is 1. The smallest absolute Gasteiger partial charge is 0.220 e. The third-order valence-electron chi connectivity index (χ3n) is 4.77. The fraction of sp³-hybridized carbons (Fsp3) is 0.579. The first-order valence-electron chi connectivity index (χ1n) is 9.61. The molecule has 0 aromatic carbocycles. The van der Waals surface area contributed by atoms with Crippen LogP contribution in [-0.2, 0) is 16.1 Å². The van der Waals surface area contributed by atoms with Gasteiger partial charge in [-0.15, -0.1) is 11.3 Å². The van der Waals surface area contributed by atoms with Crippen LogP contribution in [0.1, 0.15) is 29.7 Å². The molecule has 29 heavy (non-hydrogen) atoms. The molecule has 0 aliphatic carbocycles. The van der Waals surface area contributed by atoms with Gasteiger partial charge in [0.05, 0.1) is 24.3 Å². The lowest BCUT2D eigenvalue weighted by Gasteiger charge is -2.19. The van der Waals surface area contributed by atoms with Crippen LogP contribution in [0, 0.1) is 6.92 Å². The van der Waals surface area contributed by atoms with Crippen molar-refractivity contribution in [1.82, 2.24) is 19.9 Å². The maximum atomic E-state index is 8.58. The highest BCUT2D eigenvalue weighted by Gasteiger charge is 2.31. The van der Waals surface area contributed by atoms with Gasteiger partial charge in [-0.05, 0) is 13.8 Å². The molecule has 0 bridgehead atoms. The van der Waals surface area contributed by atoms with Crippen LogP contribution in [0.3, 0.4) is 0 Å². The van der Waals surface area contributed by atoms with Gasteiger partial charge in [-0.1, -0.05) is 0 Å². The summed E-state index contributed by atoms with van der Waals surface area (Å²) < 4.78 is 17.3. The molecular formula is C19H27N5O4S. The lowest BCUT2D eigenvalue weighted by Crippen LogP contribution is -2.27. The molecule has 2 aromatic rings. The van der Waals surface area contributed by atoms with Gasteiger partial charge in [0.25, 0.3) is 0 Å². The topological polar surface area (TPSA) is 113 Å². The van der Waals surface area contributed by atoms with E-state index in [0.717, 1.165) is 37.5 Å². The Kier molecular flexibility index (Phi) is 7.73. The molecule has 3 unspecified atom stereocenters. The lowest BCUT2D eigenvalue weighted by atomic mass is 10.2. The zero-order chi connectivity index (χ0) is 20.6. The van der Waals surface area contributed by atoms with Gasteiger partial charge in [-0.3, -0.25) is 9.69 Å². The molecule has 4 heterocycles. The Balaban J connectivity index is 0.000000755. The highest BCUT2D eigenvalue weighted by atomic mass is 32.1. The number of aromatic nitrogens is 3. The number of carbonyl (C=O) groups excluding carboxylic acids is 1. The van der Waals surface area contributed by atoms with Crippen LogP contribution in [-0.4, -0.2) is 64.3 Å². The number of rotatable bonds is 6. The van der Waals surface area contributed by atoms with Crippen molar-refractivity contribution in [1.29, 1.82) is 0 Å². The number of hydrogen-bond acceptors (Lipinski definition) is 9. The van der Waals surface area contributed by atoms with Crippen molar-refractivity contribution in [3.05, 3.63) is 28.5 Å². The van der Waals surface area contributed by atoms with E-state index in [1.165, 1.54) is 11.2 Å². The molecule has 0 spiro atoms. The average Bonchev–Trinajstić information content (AvgIpc) is 3.40. The largest absolute Gasteiger partial charge is 0.473 e. The van der Waals surface area contributed by atoms with Crippen molar-refractivity contribution in [3.63, 3.8) is 0 Å². The summed E-state index contributed by atoms with van der Waals surface area (Å²) in [6.45, 7) is 7.45. The van der Waals surface area contributed by atoms with E-state index in [-0.39, 0.29) is 18.6 Å². The Morgan fingerprint density at radius 2 is 2.03 bits per heavy atom. The first kappa shape index (κ1) is 21.4. The molecule has 0 saturated carbocycles. The molecular weight excluding hydrogens is 394 g/mol. The van der Waals surface area contributed by atoms with E-state index in [0.29, 0.717) is 24.4 Å². The Morgan fingerprint density at radius 1 is 1.31 bits per heavy atom. The molecule has 4 rings (SSSR count). The summed E-state index contributed by atoms with van der Waals surface area (Å²) in [5, 5.41) is 1.11. The number of primary amides is 1. The number of nitrogens with two attached hydrogens (primary N) is 1. The minimum atomic E-state index is 0.0719. The number of carbonyl (C=O) groups is 1. The number of nitrogens with zero attached hydrogens (tertiary/aromatic N) is 4. The standard InChI is InChI=1S/C18H24N4O3S.CH3NO/c1-12-5-15(8-22(12)9-16-7-19-13(2)26-16)25-18-6-17(20-11-21-18)24-14-3-4-23-10-14;2-1-3/h6-7,11-12,14-15H,3-5,8-10H2,1-2H3;1H,(H2,2,3). The second-order valence-electron chi connectivity index (χ2n) is 7.03. The van der Waals surface area contributed by atoms with E-state index in [9.17, 15) is 0 Å². The Labute approximate surface area is 174 Å². The first-order chi connectivity index (χ1) is 14.1. The van der Waals surface area contributed by atoms with Gasteiger partial charge in [0.15, 0.2) is 0 Å². The summed E-state index contributed by atoms with van der Waals surface area (Å²) in [5.74, 6) is 1.12. The number of likely N-dealkylation sites (tertiary alicyclic amines) is 1. The van der Waals surface area contributed by atoms with Gasteiger partial charge in [0, 0.05) is 43.0 Å². The predicted octanol–water partition coefficient (Wildman–Crippen LogP) is 1.55. The quantitative estimate of drug-likeness (QED) is 0.699. The van der Waals surface area contributed by atoms with E-state index in [4.69, 9.17) is 19.0 Å². The molecule has 2 aliphatic heterocycles. The van der Waals surface area contributed by atoms with Gasteiger partial charge >= 0.3 is 0 Å². The zero-order valence-corrected chi connectivity index (χ0v) is 17.5. The van der Waals surface area contributed by atoms with Crippen LogP contribution >= 0.6 is 11.3 Å². The zero-order valence-electron chi connectivity index (χ0n) is 16.7. The third-order valence-corrected chi connectivity index (χ3v) is 5.67. The number of ether oxygens (including phenoxy) is 3. The van der Waals surface area contributed by atoms with Crippen molar-refractivity contribution < 1.29 is 19.0 Å². The average molecular weight is 422 g/mol. The monoisotopic (exact) mass is 421 g/mol. The normalized spacial score (nSPS) is 24.0. The van der Waals surface area contributed by atoms with Crippen molar-refractivity contribution in [2.45, 2.75) is 51.5 Å². The minimum Gasteiger partial charge on any atom is -0.473 e. The molecule has 3 atom stereocenters. The third kappa shape index (κ3) is 6.34. The maximum Gasteiger partial charge on any atom is 0.220 e. The number of hydrogen-bond donors (Lipinski definition) is 1. The van der Waals surface area contributed by atoms with Crippen molar-refractivity contribution >= 4 is 17.7 Å². The second kappa shape index (κ2) is 10.5. The predicted molar refractivity (Wildman–Crippen MR) is 108 cm³/mol. The summed E-state index contributed by atoms with van der Waals surface area (Å²) in [4.78, 5) is 25.1. The molecule has 10 heteroatoms. The Morgan fingerprint density at radius 3 is 2.66 bits per heavy atom. The summed E-state index contributed by atoms with van der Waals surface area (Å²) in [7, 11) is 0. The summed E-state index contributed by atoms with van der Waals surface area (Å²) in [6.07, 6.45) is 5.79. The molecule has 2 aliphatic rings. The fourth-order valence-corrected chi connectivity index (χ4v) is 4.25. The molecule has 2 aromatic heterocycles. The molecule has 2 fully saturated rings. The Bertz CT molecular complexity index is 783. The summed E-state index contributed by atoms with van der Waals surface area (Å²) in [6, 6.07) is 2.24. The Hall–Kier alpha value is -2.30. The van der Waals surface area contributed by atoms with Gasteiger partial charge in [0.2, 0.25) is 18.2 Å². The van der Waals surface area contributed by atoms with E-state index >= 15 is 0 Å². The fourth-order valence-electron chi connectivity index (χ4n) is 3.43. The molecule has 2 N–H and O–H groups in total. The van der Waals surface area contributed by atoms with Crippen LogP contribution in [0.25, 0.3) is 0 Å². The molecule has 158 valence electrons. The molecule has 9 nitrogen and oxygen atoms in total. The van der Waals surface area contributed by atoms with Gasteiger partial charge in [-0.25, -0.2) is 15.0 Å². The summed E-state index contributed by atoms with van der Waals surface area (Å²) in [5.41, 5.74) is 4.17. The summed E-state index contributed by atoms with van der Waals surface area (Å²) >= 11 is 1.76. The van der Waals surface area contributed by atoms with E-state index in [2.05, 4.69) is 32.5 Å². The SMILES string of the molecule is Cc1ncc(CN2CC(Oc3cc(OC4CCOC4)ncn3)CC2C)s1.NC=O. The lowest BCUT2D eigenvalue weighted by molar-refractivity contribution is -0.106. The minimum absolute atomic E-state index is 0.0719. The van der Waals surface area contributed by atoms with E-state index in [1.54, 1.807) is 17.4 Å². The van der Waals surface area contributed by atoms with Crippen LogP contribution in [0.2, 0.25) is 0 Å². The van der Waals surface area contributed by atoms with Gasteiger partial charge in [0.1, 0.15) is 18.5 Å². The highest BCUT2D eigenvalue weighted by molar-refractivity contribution is 7.11. The van der Waals surface area contributed by atoms with Crippen LogP contribution in [0.15, 0.2) is 18.6 Å². The second-order valence-corrected chi connectivity index (χ2v) is 8.35. The van der Waals surface area contributed by atoms with Crippen molar-refractivity contribution in [2.75, 3.05) is 19.8 Å². The maximum absolute atomic E-state index is 8.58. The van der Waals surface area contributed by atoms with Crippen LogP contribution < -0.4 is 15.2 Å². The first-order valence-corrected chi connectivity index (χ1v) is 10.4. The van der Waals surface area contributed by atoms with Crippen molar-refractivity contribution in [2.24, 2.45) is 5.73 Å². The molecule has 0 radical (unpaired) electrons. The van der Waals surface area contributed by atoms with Crippen LogP contribution in [0.4, 0.5) is 0 Å². The molecule has 1 amide bonds. The van der Waals surface area contributed by atoms with Crippen molar-refractivity contribution in [3.8, 4) is 11.8 Å². The highest BCUT2D eigenvalue weighted by Crippen LogP contribution is 2.26. The molecule has 2 saturated heterocycles. The number of amides is 1. The van der Waals surface area contributed by atoms with Crippen LogP contribution in [0.5, 0.6) is 11.8 Å². The van der Waals surface area contributed by atoms with Gasteiger partial charge in [-0.2, -0.15) is 0 Å². The van der Waals surface area contributed by atoms with E-state index < -0.39 is 0 Å². The van der Waals surface area contributed by atoms with Gasteiger partial charge < -0.3 is 19.9 Å². The number of aryl methyl sites for hydroxylation is 1.